The van der Waals surface area contributed by atoms with Crippen molar-refractivity contribution >= 4 is 37.6 Å². The van der Waals surface area contributed by atoms with E-state index < -0.39 is 16.0 Å². The summed E-state index contributed by atoms with van der Waals surface area (Å²) in [5.74, 6) is -0.110. The molecule has 0 aromatic heterocycles. The Balaban J connectivity index is 2.01. The number of carbonyl (C=O) groups excluding carboxylic acids is 1. The molecule has 128 valence electrons. The van der Waals surface area contributed by atoms with Crippen LogP contribution in [0.1, 0.15) is 22.8 Å². The summed E-state index contributed by atoms with van der Waals surface area (Å²) in [7, 11) is -3.32. The first-order chi connectivity index (χ1) is 11.4. The Hall–Kier alpha value is -1.86. The summed E-state index contributed by atoms with van der Waals surface area (Å²) in [6, 6.07) is 13.4. The van der Waals surface area contributed by atoms with Gasteiger partial charge in [-0.15, -0.1) is 0 Å². The van der Waals surface area contributed by atoms with Gasteiger partial charge in [-0.05, 0) is 55.3 Å². The Morgan fingerprint density at radius 2 is 1.71 bits per heavy atom. The topological polar surface area (TPSA) is 72.5 Å². The van der Waals surface area contributed by atoms with Gasteiger partial charge in [0.05, 0.1) is 11.3 Å². The molecule has 7 heteroatoms. The van der Waals surface area contributed by atoms with E-state index in [9.17, 15) is 13.2 Å². The van der Waals surface area contributed by atoms with E-state index in [0.29, 0.717) is 17.0 Å². The number of hydrogen-bond donors (Lipinski definition) is 1. The smallest absolute Gasteiger partial charge is 0.343 e. The number of sulfonamides is 1. The minimum absolute atomic E-state index is 0.00515. The van der Waals surface area contributed by atoms with Crippen molar-refractivity contribution in [3.8, 4) is 5.75 Å². The largest absolute Gasteiger partial charge is 0.423 e. The number of halogens is 1. The maximum absolute atomic E-state index is 12.1. The molecule has 0 unspecified atom stereocenters. The quantitative estimate of drug-likeness (QED) is 0.429. The van der Waals surface area contributed by atoms with Crippen LogP contribution in [-0.2, 0) is 16.4 Å². The summed E-state index contributed by atoms with van der Waals surface area (Å²) in [5.41, 5.74) is 2.02. The average Bonchev–Trinajstić information content (AvgIpc) is 2.57. The van der Waals surface area contributed by atoms with E-state index in [4.69, 9.17) is 4.74 Å². The predicted molar refractivity (Wildman–Crippen MR) is 98.4 cm³/mol. The number of carbonyl (C=O) groups is 1. The fourth-order valence-electron chi connectivity index (χ4n) is 1.93. The molecule has 0 amide bonds. The lowest BCUT2D eigenvalue weighted by molar-refractivity contribution is 0.0734. The van der Waals surface area contributed by atoms with Gasteiger partial charge in [0.1, 0.15) is 5.75 Å². The van der Waals surface area contributed by atoms with Crippen molar-refractivity contribution in [3.05, 3.63) is 59.7 Å². The van der Waals surface area contributed by atoms with Crippen LogP contribution in [0.25, 0.3) is 0 Å². The zero-order valence-electron chi connectivity index (χ0n) is 13.2. The first-order valence-electron chi connectivity index (χ1n) is 7.41. The lowest BCUT2D eigenvalue weighted by Crippen LogP contribution is -2.14. The molecule has 2 aromatic rings. The highest BCUT2D eigenvalue weighted by Gasteiger charge is 2.10. The van der Waals surface area contributed by atoms with E-state index in [-0.39, 0.29) is 5.75 Å². The molecule has 0 bridgehead atoms. The van der Waals surface area contributed by atoms with Gasteiger partial charge in [-0.1, -0.05) is 28.1 Å². The Kier molecular flexibility index (Phi) is 6.39. The fourth-order valence-corrected chi connectivity index (χ4v) is 3.02. The van der Waals surface area contributed by atoms with E-state index in [2.05, 4.69) is 20.7 Å². The summed E-state index contributed by atoms with van der Waals surface area (Å²) in [4.78, 5) is 12.1. The number of hydrogen-bond acceptors (Lipinski definition) is 4. The van der Waals surface area contributed by atoms with Crippen LogP contribution in [-0.4, -0.2) is 25.5 Å². The molecule has 0 spiro atoms. The molecule has 2 aromatic carbocycles. The highest BCUT2D eigenvalue weighted by Crippen LogP contribution is 2.18. The monoisotopic (exact) mass is 411 g/mol. The number of aryl methyl sites for hydroxylation is 1. The van der Waals surface area contributed by atoms with Crippen LogP contribution < -0.4 is 9.46 Å². The molecule has 0 saturated heterocycles. The third-order valence-electron chi connectivity index (χ3n) is 3.29. The third kappa shape index (κ3) is 5.35. The summed E-state index contributed by atoms with van der Waals surface area (Å²) >= 11 is 3.37. The summed E-state index contributed by atoms with van der Waals surface area (Å²) in [5, 5.41) is 0.866. The molecule has 0 atom stereocenters. The van der Waals surface area contributed by atoms with Crippen molar-refractivity contribution in [2.45, 2.75) is 13.3 Å². The van der Waals surface area contributed by atoms with Crippen molar-refractivity contribution in [2.24, 2.45) is 0 Å². The minimum Gasteiger partial charge on any atom is -0.423 e. The summed E-state index contributed by atoms with van der Waals surface area (Å²) in [6.45, 7) is 1.56. The van der Waals surface area contributed by atoms with Crippen LogP contribution in [0.15, 0.2) is 48.5 Å². The third-order valence-corrected chi connectivity index (χ3v) is 4.99. The molecular weight excluding hydrogens is 394 g/mol. The normalized spacial score (nSPS) is 11.1. The van der Waals surface area contributed by atoms with Gasteiger partial charge in [-0.2, -0.15) is 0 Å². The summed E-state index contributed by atoms with van der Waals surface area (Å²) in [6.07, 6.45) is 0.893. The van der Waals surface area contributed by atoms with Gasteiger partial charge in [0, 0.05) is 11.0 Å². The molecule has 1 N–H and O–H groups in total. The molecule has 0 saturated carbocycles. The number of ether oxygens (including phenoxy) is 1. The van der Waals surface area contributed by atoms with Gasteiger partial charge < -0.3 is 4.74 Å². The second kappa shape index (κ2) is 8.30. The zero-order chi connectivity index (χ0) is 17.6. The van der Waals surface area contributed by atoms with Crippen molar-refractivity contribution in [2.75, 3.05) is 15.8 Å². The van der Waals surface area contributed by atoms with Crippen molar-refractivity contribution in [1.29, 1.82) is 0 Å². The van der Waals surface area contributed by atoms with Crippen LogP contribution in [0.5, 0.6) is 5.75 Å². The van der Waals surface area contributed by atoms with Gasteiger partial charge in [0.15, 0.2) is 0 Å². The zero-order valence-corrected chi connectivity index (χ0v) is 15.6. The number of anilines is 1. The maximum Gasteiger partial charge on any atom is 0.343 e. The van der Waals surface area contributed by atoms with Crippen LogP contribution in [0, 0.1) is 0 Å². The average molecular weight is 412 g/mol. The second-order valence-electron chi connectivity index (χ2n) is 5.06. The van der Waals surface area contributed by atoms with Gasteiger partial charge in [-0.25, -0.2) is 13.2 Å². The highest BCUT2D eigenvalue weighted by atomic mass is 79.9. The second-order valence-corrected chi connectivity index (χ2v) is 7.86. The molecule has 2 rings (SSSR count). The Bertz CT molecular complexity index is 786. The van der Waals surface area contributed by atoms with Gasteiger partial charge in [-0.3, -0.25) is 4.72 Å². The first-order valence-corrected chi connectivity index (χ1v) is 10.2. The van der Waals surface area contributed by atoms with E-state index in [1.54, 1.807) is 43.3 Å². The van der Waals surface area contributed by atoms with Crippen molar-refractivity contribution in [1.82, 2.24) is 0 Å². The standard InChI is InChI=1S/C17H18BrNO4S/c1-2-24(21,22)19-15-7-9-16(10-8-15)23-17(20)14-5-3-13(4-6-14)11-12-18/h3-10,19H,2,11-12H2,1H3. The Labute approximate surface area is 150 Å². The lowest BCUT2D eigenvalue weighted by Gasteiger charge is -2.08. The maximum atomic E-state index is 12.1. The minimum atomic E-state index is -3.32. The number of alkyl halides is 1. The molecule has 0 fully saturated rings. The molecule has 5 nitrogen and oxygen atoms in total. The molecule has 24 heavy (non-hydrogen) atoms. The lowest BCUT2D eigenvalue weighted by atomic mass is 10.1. The van der Waals surface area contributed by atoms with Crippen LogP contribution in [0.3, 0.4) is 0 Å². The molecule has 0 aliphatic heterocycles. The molecular formula is C17H18BrNO4S. The molecule has 0 radical (unpaired) electrons. The van der Waals surface area contributed by atoms with Crippen LogP contribution in [0.2, 0.25) is 0 Å². The number of nitrogens with one attached hydrogen (secondary N) is 1. The van der Waals surface area contributed by atoms with Gasteiger partial charge in [0.2, 0.25) is 10.0 Å². The van der Waals surface area contributed by atoms with Gasteiger partial charge >= 0.3 is 5.97 Å². The number of benzene rings is 2. The van der Waals surface area contributed by atoms with Gasteiger partial charge in [0.25, 0.3) is 0 Å². The van der Waals surface area contributed by atoms with E-state index in [1.807, 2.05) is 12.1 Å². The molecule has 0 heterocycles. The molecule has 0 aliphatic carbocycles. The number of esters is 1. The van der Waals surface area contributed by atoms with Crippen molar-refractivity contribution < 1.29 is 17.9 Å². The Morgan fingerprint density at radius 3 is 2.25 bits per heavy atom. The summed E-state index contributed by atoms with van der Waals surface area (Å²) < 4.78 is 30.7. The van der Waals surface area contributed by atoms with E-state index in [0.717, 1.165) is 17.3 Å². The van der Waals surface area contributed by atoms with Crippen molar-refractivity contribution in [3.63, 3.8) is 0 Å². The van der Waals surface area contributed by atoms with Crippen LogP contribution >= 0.6 is 15.9 Å². The number of rotatable bonds is 7. The van der Waals surface area contributed by atoms with E-state index in [1.165, 1.54) is 0 Å². The van der Waals surface area contributed by atoms with Crippen LogP contribution in [0.4, 0.5) is 5.69 Å². The SMILES string of the molecule is CCS(=O)(=O)Nc1ccc(OC(=O)c2ccc(CCBr)cc2)cc1. The molecule has 0 aliphatic rings. The first kappa shape index (κ1) is 18.5. The highest BCUT2D eigenvalue weighted by molar-refractivity contribution is 9.09. The Morgan fingerprint density at radius 1 is 1.08 bits per heavy atom. The fraction of sp³-hybridized carbons (Fsp3) is 0.235. The predicted octanol–water partition coefficient (Wildman–Crippen LogP) is 3.60. The van der Waals surface area contributed by atoms with E-state index >= 15 is 0 Å².